The van der Waals surface area contributed by atoms with Crippen LogP contribution in [0.25, 0.3) is 0 Å². The lowest BCUT2D eigenvalue weighted by Crippen LogP contribution is -2.22. The zero-order valence-electron chi connectivity index (χ0n) is 11.9. The van der Waals surface area contributed by atoms with Crippen molar-refractivity contribution in [3.8, 4) is 0 Å². The lowest BCUT2D eigenvalue weighted by atomic mass is 9.85. The highest BCUT2D eigenvalue weighted by molar-refractivity contribution is 5.79. The quantitative estimate of drug-likeness (QED) is 0.836. The van der Waals surface area contributed by atoms with Crippen LogP contribution in [-0.2, 0) is 9.53 Å². The molecule has 3 N–H and O–H groups in total. The minimum Gasteiger partial charge on any atom is -0.481 e. The summed E-state index contributed by atoms with van der Waals surface area (Å²) >= 11 is 0. The molecule has 122 valence electrons. The van der Waals surface area contributed by atoms with Gasteiger partial charge in [0.15, 0.2) is 0 Å². The Labute approximate surface area is 126 Å². The largest absolute Gasteiger partial charge is 0.481 e. The fourth-order valence-electron chi connectivity index (χ4n) is 2.83. The molecule has 4 nitrogen and oxygen atoms in total. The summed E-state index contributed by atoms with van der Waals surface area (Å²) in [6, 6.07) is 4.69. The Kier molecular flexibility index (Phi) is 4.95. The third-order valence-corrected chi connectivity index (χ3v) is 3.94. The van der Waals surface area contributed by atoms with Gasteiger partial charge < -0.3 is 15.6 Å². The van der Waals surface area contributed by atoms with E-state index >= 15 is 0 Å². The summed E-state index contributed by atoms with van der Waals surface area (Å²) in [5.74, 6) is -3.11. The molecule has 0 saturated carbocycles. The van der Waals surface area contributed by atoms with E-state index in [1.807, 2.05) is 0 Å². The second kappa shape index (κ2) is 6.56. The molecule has 1 atom stereocenters. The van der Waals surface area contributed by atoms with Gasteiger partial charge in [-0.3, -0.25) is 4.79 Å². The molecule has 0 aliphatic carbocycles. The Morgan fingerprint density at radius 3 is 2.55 bits per heavy atom. The highest BCUT2D eigenvalue weighted by atomic mass is 19.4. The molecule has 1 aliphatic heterocycles. The molecule has 22 heavy (non-hydrogen) atoms. The van der Waals surface area contributed by atoms with Gasteiger partial charge in [0.05, 0.1) is 12.3 Å². The molecule has 0 amide bonds. The van der Waals surface area contributed by atoms with Crippen LogP contribution in [-0.4, -0.2) is 30.5 Å². The molecular weight excluding hydrogens is 299 g/mol. The van der Waals surface area contributed by atoms with Gasteiger partial charge >= 0.3 is 12.1 Å². The van der Waals surface area contributed by atoms with Crippen LogP contribution in [0.15, 0.2) is 18.2 Å². The number of nitrogen functional groups attached to an aromatic ring is 1. The second-order valence-corrected chi connectivity index (χ2v) is 5.45. The van der Waals surface area contributed by atoms with Crippen LogP contribution in [0.4, 0.5) is 18.9 Å². The van der Waals surface area contributed by atoms with E-state index in [-0.39, 0.29) is 17.2 Å². The molecule has 1 unspecified atom stereocenters. The first-order valence-electron chi connectivity index (χ1n) is 7.05. The van der Waals surface area contributed by atoms with Crippen LogP contribution < -0.4 is 5.73 Å². The van der Waals surface area contributed by atoms with Crippen molar-refractivity contribution in [1.29, 1.82) is 0 Å². The van der Waals surface area contributed by atoms with Crippen molar-refractivity contribution in [2.24, 2.45) is 0 Å². The van der Waals surface area contributed by atoms with Crippen molar-refractivity contribution in [2.75, 3.05) is 18.9 Å². The van der Waals surface area contributed by atoms with Gasteiger partial charge in [-0.15, -0.1) is 0 Å². The monoisotopic (exact) mass is 317 g/mol. The van der Waals surface area contributed by atoms with E-state index < -0.39 is 24.5 Å². The zero-order chi connectivity index (χ0) is 16.3. The summed E-state index contributed by atoms with van der Waals surface area (Å²) < 4.78 is 43.1. The fourth-order valence-corrected chi connectivity index (χ4v) is 2.83. The number of anilines is 1. The van der Waals surface area contributed by atoms with Crippen LogP contribution in [0.1, 0.15) is 42.2 Å². The number of carboxylic acids is 1. The third-order valence-electron chi connectivity index (χ3n) is 3.94. The van der Waals surface area contributed by atoms with Gasteiger partial charge in [-0.1, -0.05) is 18.2 Å². The minimum atomic E-state index is -4.57. The summed E-state index contributed by atoms with van der Waals surface area (Å²) in [6.45, 7) is 1.14. The number of rotatable bonds is 4. The van der Waals surface area contributed by atoms with E-state index in [0.29, 0.717) is 18.8 Å². The van der Waals surface area contributed by atoms with E-state index in [0.717, 1.165) is 12.8 Å². The summed E-state index contributed by atoms with van der Waals surface area (Å²) in [5, 5.41) is 9.14. The molecule has 0 aromatic heterocycles. The van der Waals surface area contributed by atoms with Crippen LogP contribution in [0.5, 0.6) is 0 Å². The number of carboxylic acid groups (broad SMARTS) is 1. The van der Waals surface area contributed by atoms with Crippen LogP contribution in [0.2, 0.25) is 0 Å². The Hall–Kier alpha value is -1.76. The zero-order valence-corrected chi connectivity index (χ0v) is 11.9. The number of hydrogen-bond donors (Lipinski definition) is 2. The maximum atomic E-state index is 12.6. The molecule has 1 saturated heterocycles. The lowest BCUT2D eigenvalue weighted by molar-refractivity contribution is -0.157. The summed E-state index contributed by atoms with van der Waals surface area (Å²) in [4.78, 5) is 11.2. The van der Waals surface area contributed by atoms with Crippen LogP contribution in [0.3, 0.4) is 0 Å². The average molecular weight is 317 g/mol. The van der Waals surface area contributed by atoms with E-state index in [1.165, 1.54) is 6.07 Å². The van der Waals surface area contributed by atoms with Gasteiger partial charge in [-0.25, -0.2) is 0 Å². The van der Waals surface area contributed by atoms with Gasteiger partial charge in [-0.05, 0) is 29.9 Å². The number of hydrogen-bond acceptors (Lipinski definition) is 3. The smallest absolute Gasteiger partial charge is 0.390 e. The lowest BCUT2D eigenvalue weighted by Gasteiger charge is -2.26. The van der Waals surface area contributed by atoms with Gasteiger partial charge in [-0.2, -0.15) is 13.2 Å². The number of carbonyl (C=O) groups is 1. The van der Waals surface area contributed by atoms with Crippen molar-refractivity contribution in [2.45, 2.75) is 37.3 Å². The molecule has 2 rings (SSSR count). The number of benzene rings is 1. The third kappa shape index (κ3) is 3.91. The molecule has 1 aliphatic rings. The van der Waals surface area contributed by atoms with E-state index in [1.54, 1.807) is 12.1 Å². The molecule has 1 aromatic rings. The molecule has 1 aromatic carbocycles. The molecular formula is C15H18F3NO3. The van der Waals surface area contributed by atoms with Crippen LogP contribution in [0, 0.1) is 0 Å². The van der Waals surface area contributed by atoms with Crippen molar-refractivity contribution >= 4 is 11.7 Å². The topological polar surface area (TPSA) is 72.5 Å². The Morgan fingerprint density at radius 2 is 2.00 bits per heavy atom. The first kappa shape index (κ1) is 16.6. The number of alkyl halides is 3. The van der Waals surface area contributed by atoms with Gasteiger partial charge in [0.2, 0.25) is 0 Å². The minimum absolute atomic E-state index is 0.0359. The second-order valence-electron chi connectivity index (χ2n) is 5.45. The molecule has 7 heteroatoms. The fraction of sp³-hybridized carbons (Fsp3) is 0.533. The van der Waals surface area contributed by atoms with E-state index in [2.05, 4.69) is 0 Å². The van der Waals surface area contributed by atoms with Gasteiger partial charge in [0.1, 0.15) is 0 Å². The maximum absolute atomic E-state index is 12.6. The number of ether oxygens (including phenoxy) is 1. The predicted molar refractivity (Wildman–Crippen MR) is 74.7 cm³/mol. The Bertz CT molecular complexity index is 539. The van der Waals surface area contributed by atoms with Gasteiger partial charge in [0, 0.05) is 18.9 Å². The number of halogens is 3. The van der Waals surface area contributed by atoms with Crippen LogP contribution >= 0.6 is 0 Å². The number of aliphatic carboxylic acids is 1. The van der Waals surface area contributed by atoms with Crippen molar-refractivity contribution in [3.05, 3.63) is 29.3 Å². The summed E-state index contributed by atoms with van der Waals surface area (Å²) in [6.07, 6.45) is -4.54. The van der Waals surface area contributed by atoms with Crippen molar-refractivity contribution < 1.29 is 27.8 Å². The number of para-hydroxylation sites is 1. The molecule has 0 bridgehead atoms. The highest BCUT2D eigenvalue weighted by Crippen LogP contribution is 2.38. The van der Waals surface area contributed by atoms with Crippen molar-refractivity contribution in [1.82, 2.24) is 0 Å². The normalized spacial score (nSPS) is 18.1. The molecule has 0 spiro atoms. The average Bonchev–Trinajstić information content (AvgIpc) is 2.45. The van der Waals surface area contributed by atoms with E-state index in [9.17, 15) is 18.0 Å². The summed E-state index contributed by atoms with van der Waals surface area (Å²) in [7, 11) is 0. The molecule has 0 radical (unpaired) electrons. The maximum Gasteiger partial charge on any atom is 0.390 e. The number of nitrogens with two attached hydrogens (primary N) is 1. The first-order chi connectivity index (χ1) is 10.3. The molecule has 1 heterocycles. The Morgan fingerprint density at radius 1 is 1.36 bits per heavy atom. The SMILES string of the molecule is Nc1c(C2CCOCC2)cccc1C(CC(F)(F)F)C(=O)O. The van der Waals surface area contributed by atoms with E-state index in [4.69, 9.17) is 15.6 Å². The molecule has 1 fully saturated rings. The van der Waals surface area contributed by atoms with Crippen molar-refractivity contribution in [3.63, 3.8) is 0 Å². The summed E-state index contributed by atoms with van der Waals surface area (Å²) in [5.41, 5.74) is 6.91. The predicted octanol–water partition coefficient (Wildman–Crippen LogP) is 3.28. The standard InChI is InChI=1S/C15H18F3NO3/c16-15(17,18)8-12(14(20)21)11-3-1-2-10(13(11)19)9-4-6-22-7-5-9/h1-3,9,12H,4-8,19H2,(H,20,21). The Balaban J connectivity index is 2.35. The first-order valence-corrected chi connectivity index (χ1v) is 7.05. The highest BCUT2D eigenvalue weighted by Gasteiger charge is 2.37. The van der Waals surface area contributed by atoms with Gasteiger partial charge in [0.25, 0.3) is 0 Å².